The lowest BCUT2D eigenvalue weighted by molar-refractivity contribution is -0.155. The second kappa shape index (κ2) is 13.5. The summed E-state index contributed by atoms with van der Waals surface area (Å²) in [5.41, 5.74) is 0.171. The summed E-state index contributed by atoms with van der Waals surface area (Å²) >= 11 is 1.24. The van der Waals surface area contributed by atoms with Gasteiger partial charge in [-0.1, -0.05) is 18.2 Å². The Morgan fingerprint density at radius 1 is 1.14 bits per heavy atom. The number of carbonyl (C=O) groups is 2. The second-order valence-corrected chi connectivity index (χ2v) is 12.4. The second-order valence-electron chi connectivity index (χ2n) is 11.5. The molecule has 1 N–H and O–H groups in total. The van der Waals surface area contributed by atoms with Gasteiger partial charge in [-0.3, -0.25) is 9.59 Å². The van der Waals surface area contributed by atoms with Gasteiger partial charge in [0.05, 0.1) is 18.1 Å². The number of para-hydroxylation sites is 1. The minimum atomic E-state index is -0.967. The summed E-state index contributed by atoms with van der Waals surface area (Å²) in [5.74, 6) is -3.06. The first-order valence-corrected chi connectivity index (χ1v) is 15.2. The largest absolute Gasteiger partial charge is 0.460 e. The van der Waals surface area contributed by atoms with E-state index in [-0.39, 0.29) is 41.1 Å². The van der Waals surface area contributed by atoms with Crippen molar-refractivity contribution in [2.45, 2.75) is 52.1 Å². The highest BCUT2D eigenvalue weighted by Crippen LogP contribution is 2.41. The van der Waals surface area contributed by atoms with Crippen LogP contribution in [0.3, 0.4) is 0 Å². The Balaban J connectivity index is 1.42. The number of hydrogen-bond acceptors (Lipinski definition) is 9. The van der Waals surface area contributed by atoms with E-state index in [2.05, 4.69) is 20.5 Å². The Morgan fingerprint density at radius 2 is 1.93 bits per heavy atom. The summed E-state index contributed by atoms with van der Waals surface area (Å²) in [4.78, 5) is 31.8. The first kappa shape index (κ1) is 31.0. The van der Waals surface area contributed by atoms with Gasteiger partial charge in [-0.25, -0.2) is 13.8 Å². The van der Waals surface area contributed by atoms with E-state index in [0.717, 1.165) is 12.5 Å². The number of rotatable bonds is 9. The molecule has 2 aromatic heterocycles. The molecule has 0 unspecified atom stereocenters. The van der Waals surface area contributed by atoms with Gasteiger partial charge in [0.15, 0.2) is 11.6 Å². The highest BCUT2D eigenvalue weighted by molar-refractivity contribution is 7.13. The van der Waals surface area contributed by atoms with E-state index < -0.39 is 28.9 Å². The number of halogens is 2. The Kier molecular flexibility index (Phi) is 9.48. The predicted molar refractivity (Wildman–Crippen MR) is 164 cm³/mol. The van der Waals surface area contributed by atoms with Crippen molar-refractivity contribution in [3.63, 3.8) is 0 Å². The third kappa shape index (κ3) is 7.73. The Hall–Kier alpha value is -4.45. The number of ether oxygens (including phenoxy) is 2. The number of amides is 1. The molecule has 0 saturated carbocycles. The summed E-state index contributed by atoms with van der Waals surface area (Å²) in [6.07, 6.45) is 5.38. The van der Waals surface area contributed by atoms with Crippen molar-refractivity contribution in [1.29, 1.82) is 0 Å². The molecule has 1 atom stereocenters. The van der Waals surface area contributed by atoms with Crippen molar-refractivity contribution in [1.82, 2.24) is 15.2 Å². The molecule has 1 amide bonds. The van der Waals surface area contributed by atoms with Crippen molar-refractivity contribution in [3.8, 4) is 22.1 Å². The van der Waals surface area contributed by atoms with Gasteiger partial charge in [-0.2, -0.15) is 10.2 Å². The van der Waals surface area contributed by atoms with Crippen LogP contribution in [0.25, 0.3) is 10.6 Å². The molecule has 1 aliphatic heterocycles. The van der Waals surface area contributed by atoms with E-state index >= 15 is 8.78 Å². The number of aromatic nitrogens is 3. The molecule has 9 nitrogen and oxygen atoms in total. The first-order chi connectivity index (χ1) is 21.1. The third-order valence-electron chi connectivity index (χ3n) is 6.94. The Labute approximate surface area is 258 Å². The van der Waals surface area contributed by atoms with Crippen molar-refractivity contribution < 1.29 is 27.8 Å². The van der Waals surface area contributed by atoms with Gasteiger partial charge in [0, 0.05) is 36.5 Å². The van der Waals surface area contributed by atoms with E-state index in [9.17, 15) is 9.59 Å². The number of piperidine rings is 1. The van der Waals surface area contributed by atoms with E-state index in [4.69, 9.17) is 9.47 Å². The van der Waals surface area contributed by atoms with Gasteiger partial charge < -0.3 is 19.7 Å². The van der Waals surface area contributed by atoms with Crippen LogP contribution in [0.4, 0.5) is 20.2 Å². The SMILES string of the molecule is CC(C)(C)OC(=O)CC[C@@H]1CCCN(c2c(NC(=O)c3csc(-c4ccnnc4)n3)cc(F)c(Oc3ccccc3)c2F)C1. The van der Waals surface area contributed by atoms with Crippen LogP contribution in [0.15, 0.2) is 60.2 Å². The predicted octanol–water partition coefficient (Wildman–Crippen LogP) is 7.26. The maximum absolute atomic E-state index is 16.3. The number of benzene rings is 2. The minimum Gasteiger partial charge on any atom is -0.460 e. The molecule has 1 aliphatic rings. The van der Waals surface area contributed by atoms with E-state index in [1.807, 2.05) is 20.8 Å². The molecule has 44 heavy (non-hydrogen) atoms. The smallest absolute Gasteiger partial charge is 0.306 e. The van der Waals surface area contributed by atoms with Gasteiger partial charge in [0.1, 0.15) is 27.7 Å². The number of nitrogens with zero attached hydrogens (tertiary/aromatic N) is 4. The molecule has 1 saturated heterocycles. The van der Waals surface area contributed by atoms with Crippen LogP contribution in [0.2, 0.25) is 0 Å². The molecule has 5 rings (SSSR count). The number of carbonyl (C=O) groups excluding carboxylic acids is 2. The maximum Gasteiger partial charge on any atom is 0.306 e. The number of esters is 1. The monoisotopic (exact) mass is 621 g/mol. The minimum absolute atomic E-state index is 0.0152. The van der Waals surface area contributed by atoms with Crippen molar-refractivity contribution in [2.75, 3.05) is 23.3 Å². The summed E-state index contributed by atoms with van der Waals surface area (Å²) in [6.45, 7) is 6.32. The normalized spacial score (nSPS) is 15.1. The van der Waals surface area contributed by atoms with Gasteiger partial charge in [-0.05, 0) is 64.2 Å². The average molecular weight is 622 g/mol. The van der Waals surface area contributed by atoms with Crippen LogP contribution < -0.4 is 15.0 Å². The van der Waals surface area contributed by atoms with Gasteiger partial charge in [0.25, 0.3) is 5.91 Å². The molecule has 12 heteroatoms. The van der Waals surface area contributed by atoms with E-state index in [1.54, 1.807) is 46.7 Å². The fourth-order valence-electron chi connectivity index (χ4n) is 5.03. The zero-order valence-corrected chi connectivity index (χ0v) is 25.5. The van der Waals surface area contributed by atoms with Crippen molar-refractivity contribution in [2.24, 2.45) is 5.92 Å². The lowest BCUT2D eigenvalue weighted by atomic mass is 9.92. The molecule has 3 heterocycles. The summed E-state index contributed by atoms with van der Waals surface area (Å²) in [6, 6.07) is 11.1. The van der Waals surface area contributed by atoms with Crippen LogP contribution in [-0.4, -0.2) is 45.7 Å². The Morgan fingerprint density at radius 3 is 2.66 bits per heavy atom. The highest BCUT2D eigenvalue weighted by atomic mass is 32.1. The highest BCUT2D eigenvalue weighted by Gasteiger charge is 2.30. The average Bonchev–Trinajstić information content (AvgIpc) is 3.49. The maximum atomic E-state index is 16.3. The summed E-state index contributed by atoms with van der Waals surface area (Å²) in [7, 11) is 0. The van der Waals surface area contributed by atoms with Crippen LogP contribution in [0.5, 0.6) is 11.5 Å². The zero-order chi connectivity index (χ0) is 31.3. The number of anilines is 2. The fraction of sp³-hybridized carbons (Fsp3) is 0.344. The van der Waals surface area contributed by atoms with Gasteiger partial charge >= 0.3 is 5.97 Å². The molecule has 230 valence electrons. The quantitative estimate of drug-likeness (QED) is 0.195. The lowest BCUT2D eigenvalue weighted by Crippen LogP contribution is -2.37. The van der Waals surface area contributed by atoms with Gasteiger partial charge in [0.2, 0.25) is 5.75 Å². The van der Waals surface area contributed by atoms with Crippen LogP contribution in [-0.2, 0) is 9.53 Å². The van der Waals surface area contributed by atoms with Crippen molar-refractivity contribution >= 4 is 34.6 Å². The zero-order valence-electron chi connectivity index (χ0n) is 24.7. The van der Waals surface area contributed by atoms with E-state index in [1.165, 1.54) is 23.7 Å². The van der Waals surface area contributed by atoms with Crippen LogP contribution >= 0.6 is 11.3 Å². The van der Waals surface area contributed by atoms with Gasteiger partial charge in [-0.15, -0.1) is 11.3 Å². The molecular formula is C32H33F2N5O4S. The molecule has 0 radical (unpaired) electrons. The van der Waals surface area contributed by atoms with Crippen LogP contribution in [0, 0.1) is 17.6 Å². The standard InChI is InChI=1S/C32H33F2N5O4S/c1-32(2,3)43-26(40)12-11-20-8-7-15-39(18-20)28-24(16-23(33)29(27(28)34)42-22-9-5-4-6-10-22)37-30(41)25-19-44-31(38-25)21-13-14-35-36-17-21/h4-6,9-10,13-14,16-17,19-20H,7-8,11-12,15,18H2,1-3H3,(H,37,41)/t20-/m0/s1. The molecular weight excluding hydrogens is 588 g/mol. The molecule has 4 aromatic rings. The van der Waals surface area contributed by atoms with E-state index in [0.29, 0.717) is 36.5 Å². The number of thiazole rings is 1. The fourth-order valence-corrected chi connectivity index (χ4v) is 5.82. The lowest BCUT2D eigenvalue weighted by Gasteiger charge is -2.36. The molecule has 1 fully saturated rings. The molecule has 0 aliphatic carbocycles. The third-order valence-corrected chi connectivity index (χ3v) is 7.83. The number of hydrogen-bond donors (Lipinski definition) is 1. The molecule has 0 bridgehead atoms. The topological polar surface area (TPSA) is 107 Å². The summed E-state index contributed by atoms with van der Waals surface area (Å²) in [5, 5.41) is 12.4. The van der Waals surface area contributed by atoms with Crippen molar-refractivity contribution in [3.05, 3.63) is 77.6 Å². The molecule has 0 spiro atoms. The Bertz CT molecular complexity index is 1610. The summed E-state index contributed by atoms with van der Waals surface area (Å²) < 4.78 is 42.8. The van der Waals surface area contributed by atoms with Crippen LogP contribution in [0.1, 0.15) is 56.9 Å². The molecule has 2 aromatic carbocycles. The first-order valence-electron chi connectivity index (χ1n) is 14.3. The number of nitrogens with one attached hydrogen (secondary N) is 1.